The lowest BCUT2D eigenvalue weighted by Gasteiger charge is -2.15. The van der Waals surface area contributed by atoms with Crippen LogP contribution < -0.4 is 10.1 Å². The number of anilines is 1. The Morgan fingerprint density at radius 2 is 2.17 bits per heavy atom. The summed E-state index contributed by atoms with van der Waals surface area (Å²) in [6.45, 7) is 0.888. The molecule has 0 spiro atoms. The third-order valence-corrected chi connectivity index (χ3v) is 3.50. The minimum Gasteiger partial charge on any atom is -0.495 e. The van der Waals surface area contributed by atoms with E-state index >= 15 is 0 Å². The minimum atomic E-state index is -0.915. The quantitative estimate of drug-likeness (QED) is 0.842. The van der Waals surface area contributed by atoms with Gasteiger partial charge in [0.1, 0.15) is 5.75 Å². The fraction of sp³-hybridized carbons (Fsp3) is 0.500. The first kappa shape index (κ1) is 12.7. The van der Waals surface area contributed by atoms with Crippen molar-refractivity contribution < 1.29 is 14.6 Å². The van der Waals surface area contributed by atoms with Gasteiger partial charge in [-0.05, 0) is 37.0 Å². The Morgan fingerprint density at radius 1 is 1.44 bits per heavy atom. The molecule has 2 rings (SSSR count). The lowest BCUT2D eigenvalue weighted by atomic mass is 10.1. The first-order chi connectivity index (χ1) is 8.70. The highest BCUT2D eigenvalue weighted by molar-refractivity contribution is 5.89. The van der Waals surface area contributed by atoms with Gasteiger partial charge in [-0.2, -0.15) is 0 Å². The van der Waals surface area contributed by atoms with Crippen molar-refractivity contribution in [3.05, 3.63) is 23.8 Å². The van der Waals surface area contributed by atoms with Crippen LogP contribution >= 0.6 is 0 Å². The summed E-state index contributed by atoms with van der Waals surface area (Å²) < 4.78 is 5.24. The topological polar surface area (TPSA) is 58.6 Å². The Morgan fingerprint density at radius 3 is 2.78 bits per heavy atom. The van der Waals surface area contributed by atoms with Gasteiger partial charge in [-0.1, -0.05) is 12.8 Å². The van der Waals surface area contributed by atoms with Crippen LogP contribution in [0.1, 0.15) is 36.0 Å². The molecule has 1 aromatic rings. The fourth-order valence-corrected chi connectivity index (χ4v) is 2.45. The highest BCUT2D eigenvalue weighted by atomic mass is 16.5. The molecule has 98 valence electrons. The Balaban J connectivity index is 2.08. The average Bonchev–Trinajstić information content (AvgIpc) is 2.89. The molecule has 0 heterocycles. The van der Waals surface area contributed by atoms with E-state index in [0.717, 1.165) is 12.2 Å². The summed E-state index contributed by atoms with van der Waals surface area (Å²) in [6.07, 6.45) is 5.12. The second-order valence-corrected chi connectivity index (χ2v) is 4.75. The van der Waals surface area contributed by atoms with E-state index in [1.54, 1.807) is 25.3 Å². The van der Waals surface area contributed by atoms with Crippen LogP contribution in [0.15, 0.2) is 18.2 Å². The van der Waals surface area contributed by atoms with Crippen LogP contribution in [0.5, 0.6) is 5.75 Å². The second-order valence-electron chi connectivity index (χ2n) is 4.75. The van der Waals surface area contributed by atoms with Gasteiger partial charge in [0, 0.05) is 6.54 Å². The van der Waals surface area contributed by atoms with E-state index in [-0.39, 0.29) is 5.56 Å². The smallest absolute Gasteiger partial charge is 0.335 e. The van der Waals surface area contributed by atoms with Crippen LogP contribution in [0.3, 0.4) is 0 Å². The zero-order valence-corrected chi connectivity index (χ0v) is 10.6. The third kappa shape index (κ3) is 2.94. The number of nitrogens with one attached hydrogen (secondary N) is 1. The minimum absolute atomic E-state index is 0.282. The Bertz CT molecular complexity index is 425. The van der Waals surface area contributed by atoms with Crippen molar-refractivity contribution in [3.63, 3.8) is 0 Å². The van der Waals surface area contributed by atoms with E-state index < -0.39 is 5.97 Å². The molecule has 4 nitrogen and oxygen atoms in total. The normalized spacial score (nSPS) is 15.6. The zero-order chi connectivity index (χ0) is 13.0. The van der Waals surface area contributed by atoms with Gasteiger partial charge in [-0.3, -0.25) is 0 Å². The number of ether oxygens (including phenoxy) is 1. The molecule has 4 heteroatoms. The van der Waals surface area contributed by atoms with Gasteiger partial charge in [0.25, 0.3) is 0 Å². The highest BCUT2D eigenvalue weighted by Crippen LogP contribution is 2.29. The number of methoxy groups -OCH3 is 1. The van der Waals surface area contributed by atoms with Crippen molar-refractivity contribution in [2.75, 3.05) is 19.0 Å². The van der Waals surface area contributed by atoms with Gasteiger partial charge in [-0.15, -0.1) is 0 Å². The molecule has 18 heavy (non-hydrogen) atoms. The molecule has 0 amide bonds. The molecule has 0 saturated heterocycles. The Hall–Kier alpha value is -1.71. The zero-order valence-electron chi connectivity index (χ0n) is 10.6. The number of benzene rings is 1. The standard InChI is InChI=1S/C14H19NO3/c1-18-13-7-6-11(14(16)17)8-12(13)15-9-10-4-2-3-5-10/h6-8,10,15H,2-5,9H2,1H3,(H,16,17). The summed E-state index contributed by atoms with van der Waals surface area (Å²) in [7, 11) is 1.59. The maximum absolute atomic E-state index is 10.9. The van der Waals surface area contributed by atoms with Gasteiger partial charge in [0.2, 0.25) is 0 Å². The molecule has 0 atom stereocenters. The second kappa shape index (κ2) is 5.76. The summed E-state index contributed by atoms with van der Waals surface area (Å²) in [6, 6.07) is 4.89. The van der Waals surface area contributed by atoms with Gasteiger partial charge in [0.05, 0.1) is 18.4 Å². The molecular formula is C14H19NO3. The lowest BCUT2D eigenvalue weighted by Crippen LogP contribution is -2.12. The number of rotatable bonds is 5. The maximum atomic E-state index is 10.9. The highest BCUT2D eigenvalue weighted by Gasteiger charge is 2.16. The van der Waals surface area contributed by atoms with Gasteiger partial charge in [-0.25, -0.2) is 4.79 Å². The van der Waals surface area contributed by atoms with Crippen molar-refractivity contribution in [2.24, 2.45) is 5.92 Å². The Kier molecular flexibility index (Phi) is 4.07. The molecule has 1 aromatic carbocycles. The van der Waals surface area contributed by atoms with E-state index in [1.165, 1.54) is 25.7 Å². The predicted molar refractivity (Wildman–Crippen MR) is 70.4 cm³/mol. The lowest BCUT2D eigenvalue weighted by molar-refractivity contribution is 0.0697. The van der Waals surface area contributed by atoms with Crippen molar-refractivity contribution in [2.45, 2.75) is 25.7 Å². The fourth-order valence-electron chi connectivity index (χ4n) is 2.45. The predicted octanol–water partition coefficient (Wildman–Crippen LogP) is 3.00. The first-order valence-electron chi connectivity index (χ1n) is 6.36. The molecule has 0 aromatic heterocycles. The SMILES string of the molecule is COc1ccc(C(=O)O)cc1NCC1CCCC1. The van der Waals surface area contributed by atoms with Gasteiger partial charge < -0.3 is 15.2 Å². The van der Waals surface area contributed by atoms with Gasteiger partial charge >= 0.3 is 5.97 Å². The summed E-state index contributed by atoms with van der Waals surface area (Å²) in [5.74, 6) is 0.475. The average molecular weight is 249 g/mol. The molecule has 1 aliphatic rings. The summed E-state index contributed by atoms with van der Waals surface area (Å²) in [4.78, 5) is 10.9. The summed E-state index contributed by atoms with van der Waals surface area (Å²) in [5, 5.41) is 12.3. The van der Waals surface area contributed by atoms with E-state index in [0.29, 0.717) is 11.7 Å². The van der Waals surface area contributed by atoms with Crippen molar-refractivity contribution >= 4 is 11.7 Å². The summed E-state index contributed by atoms with van der Waals surface area (Å²) in [5.41, 5.74) is 1.05. The van der Waals surface area contributed by atoms with Crippen LogP contribution in [0.4, 0.5) is 5.69 Å². The molecule has 2 N–H and O–H groups in total. The number of carboxylic acid groups (broad SMARTS) is 1. The molecule has 0 radical (unpaired) electrons. The number of hydrogen-bond donors (Lipinski definition) is 2. The number of carbonyl (C=O) groups is 1. The molecule has 0 bridgehead atoms. The van der Waals surface area contributed by atoms with Crippen LogP contribution in [-0.4, -0.2) is 24.7 Å². The van der Waals surface area contributed by atoms with Crippen LogP contribution in [0, 0.1) is 5.92 Å². The number of aromatic carboxylic acids is 1. The largest absolute Gasteiger partial charge is 0.495 e. The monoisotopic (exact) mass is 249 g/mol. The van der Waals surface area contributed by atoms with Crippen molar-refractivity contribution in [1.82, 2.24) is 0 Å². The molecule has 1 aliphatic carbocycles. The molecule has 0 aliphatic heterocycles. The maximum Gasteiger partial charge on any atom is 0.335 e. The molecular weight excluding hydrogens is 230 g/mol. The third-order valence-electron chi connectivity index (χ3n) is 3.50. The van der Waals surface area contributed by atoms with E-state index in [4.69, 9.17) is 9.84 Å². The molecule has 1 fully saturated rings. The molecule has 1 saturated carbocycles. The molecule has 0 unspecified atom stereocenters. The van der Waals surface area contributed by atoms with Crippen LogP contribution in [0.2, 0.25) is 0 Å². The van der Waals surface area contributed by atoms with Crippen LogP contribution in [-0.2, 0) is 0 Å². The van der Waals surface area contributed by atoms with Gasteiger partial charge in [0.15, 0.2) is 0 Å². The van der Waals surface area contributed by atoms with Crippen molar-refractivity contribution in [3.8, 4) is 5.75 Å². The van der Waals surface area contributed by atoms with E-state index in [2.05, 4.69) is 5.32 Å². The number of carboxylic acids is 1. The van der Waals surface area contributed by atoms with Crippen molar-refractivity contribution in [1.29, 1.82) is 0 Å². The summed E-state index contributed by atoms with van der Waals surface area (Å²) >= 11 is 0. The van der Waals surface area contributed by atoms with E-state index in [9.17, 15) is 4.79 Å². The first-order valence-corrected chi connectivity index (χ1v) is 6.36. The van der Waals surface area contributed by atoms with Crippen LogP contribution in [0.25, 0.3) is 0 Å². The Labute approximate surface area is 107 Å². The van der Waals surface area contributed by atoms with E-state index in [1.807, 2.05) is 0 Å². The number of hydrogen-bond acceptors (Lipinski definition) is 3.